The fraction of sp³-hybridized carbons (Fsp3) is 0.125. The summed E-state index contributed by atoms with van der Waals surface area (Å²) in [7, 11) is 0. The van der Waals surface area contributed by atoms with E-state index in [1.807, 2.05) is 42.5 Å². The summed E-state index contributed by atoms with van der Waals surface area (Å²) in [5, 5.41) is 5.10. The second-order valence-corrected chi connectivity index (χ2v) is 6.72. The molecule has 0 aromatic heterocycles. The molecule has 0 unspecified atom stereocenters. The molecule has 0 aliphatic carbocycles. The molecule has 0 atom stereocenters. The maximum Gasteiger partial charge on any atom is 0.325 e. The van der Waals surface area contributed by atoms with E-state index in [1.54, 1.807) is 12.1 Å². The van der Waals surface area contributed by atoms with Crippen molar-refractivity contribution in [1.29, 1.82) is 0 Å². The van der Waals surface area contributed by atoms with Gasteiger partial charge < -0.3 is 15.4 Å². The molecule has 0 radical (unpaired) electrons. The topological polar surface area (TPSA) is 84.5 Å². The van der Waals surface area contributed by atoms with Gasteiger partial charge in [-0.3, -0.25) is 14.4 Å². The Kier molecular flexibility index (Phi) is 7.48. The summed E-state index contributed by atoms with van der Waals surface area (Å²) in [5.74, 6) is -2.26. The molecule has 0 saturated carbocycles. The van der Waals surface area contributed by atoms with Gasteiger partial charge in [0.2, 0.25) is 0 Å². The van der Waals surface area contributed by atoms with E-state index in [2.05, 4.69) is 10.6 Å². The van der Waals surface area contributed by atoms with Gasteiger partial charge in [0.05, 0.1) is 0 Å². The average molecular weight is 420 g/mol. The minimum atomic E-state index is -0.761. The molecule has 2 N–H and O–H groups in total. The van der Waals surface area contributed by atoms with Crippen LogP contribution in [-0.4, -0.2) is 30.9 Å². The molecule has 3 aromatic carbocycles. The number of carbonyl (C=O) groups excluding carboxylic acids is 3. The summed E-state index contributed by atoms with van der Waals surface area (Å²) in [5.41, 5.74) is 2.88. The highest BCUT2D eigenvalue weighted by molar-refractivity contribution is 5.96. The molecule has 7 heteroatoms. The molecule has 0 aliphatic heterocycles. The number of halogens is 1. The molecule has 6 nitrogen and oxygen atoms in total. The normalized spacial score (nSPS) is 10.2. The second-order valence-electron chi connectivity index (χ2n) is 6.72. The van der Waals surface area contributed by atoms with Crippen LogP contribution in [0.5, 0.6) is 0 Å². The van der Waals surface area contributed by atoms with Crippen LogP contribution in [-0.2, 0) is 20.7 Å². The van der Waals surface area contributed by atoms with Crippen molar-refractivity contribution in [2.45, 2.75) is 6.42 Å². The highest BCUT2D eigenvalue weighted by atomic mass is 19.1. The summed E-state index contributed by atoms with van der Waals surface area (Å²) in [6.45, 7) is -0.890. The first-order valence-corrected chi connectivity index (χ1v) is 9.62. The Morgan fingerprint density at radius 1 is 0.839 bits per heavy atom. The number of rotatable bonds is 8. The molecular weight excluding hydrogens is 399 g/mol. The van der Waals surface area contributed by atoms with Gasteiger partial charge in [0.25, 0.3) is 11.8 Å². The van der Waals surface area contributed by atoms with Crippen molar-refractivity contribution in [3.05, 3.63) is 101 Å². The van der Waals surface area contributed by atoms with E-state index < -0.39 is 36.8 Å². The Morgan fingerprint density at radius 3 is 2.26 bits per heavy atom. The number of ether oxygens (including phenoxy) is 1. The molecule has 0 bridgehead atoms. The van der Waals surface area contributed by atoms with Gasteiger partial charge in [-0.1, -0.05) is 48.5 Å². The Bertz CT molecular complexity index is 1050. The van der Waals surface area contributed by atoms with Crippen molar-refractivity contribution in [2.75, 3.05) is 18.5 Å². The van der Waals surface area contributed by atoms with E-state index >= 15 is 0 Å². The van der Waals surface area contributed by atoms with E-state index in [0.717, 1.165) is 23.3 Å². The van der Waals surface area contributed by atoms with Crippen LogP contribution in [0.2, 0.25) is 0 Å². The summed E-state index contributed by atoms with van der Waals surface area (Å²) >= 11 is 0. The first kappa shape index (κ1) is 21.7. The Balaban J connectivity index is 1.46. The average Bonchev–Trinajstić information content (AvgIpc) is 2.78. The zero-order valence-electron chi connectivity index (χ0n) is 16.6. The smallest absolute Gasteiger partial charge is 0.325 e. The molecule has 31 heavy (non-hydrogen) atoms. The van der Waals surface area contributed by atoms with Crippen molar-refractivity contribution < 1.29 is 23.5 Å². The predicted molar refractivity (Wildman–Crippen MR) is 114 cm³/mol. The molecule has 3 rings (SSSR count). The number of anilines is 1. The van der Waals surface area contributed by atoms with Gasteiger partial charge in [-0.2, -0.15) is 0 Å². The van der Waals surface area contributed by atoms with Crippen LogP contribution in [0.1, 0.15) is 21.5 Å². The molecule has 0 aliphatic rings. The van der Waals surface area contributed by atoms with Gasteiger partial charge in [0.15, 0.2) is 6.61 Å². The molecule has 158 valence electrons. The van der Waals surface area contributed by atoms with Gasteiger partial charge in [-0.05, 0) is 47.9 Å². The second kappa shape index (κ2) is 10.7. The van der Waals surface area contributed by atoms with Gasteiger partial charge in [-0.15, -0.1) is 0 Å². The quantitative estimate of drug-likeness (QED) is 0.548. The van der Waals surface area contributed by atoms with Crippen LogP contribution in [0, 0.1) is 5.82 Å². The third-order valence-electron chi connectivity index (χ3n) is 4.39. The maximum atomic E-state index is 12.9. The standard InChI is InChI=1S/C24H21FN2O4/c25-20-12-10-18(11-13-20)24(30)26-15-23(29)31-16-22(28)27-21-9-5-4-8-19(21)14-17-6-2-1-3-7-17/h1-13H,14-16H2,(H,26,30)(H,27,28). The summed E-state index contributed by atoms with van der Waals surface area (Å²) in [4.78, 5) is 35.9. The van der Waals surface area contributed by atoms with Crippen molar-refractivity contribution in [3.8, 4) is 0 Å². The highest BCUT2D eigenvalue weighted by Gasteiger charge is 2.12. The van der Waals surface area contributed by atoms with Crippen LogP contribution in [0.15, 0.2) is 78.9 Å². The first-order chi connectivity index (χ1) is 15.0. The number of amides is 2. The minimum Gasteiger partial charge on any atom is -0.454 e. The van der Waals surface area contributed by atoms with Gasteiger partial charge >= 0.3 is 5.97 Å². The summed E-state index contributed by atoms with van der Waals surface area (Å²) in [6, 6.07) is 22.1. The molecule has 0 heterocycles. The van der Waals surface area contributed by atoms with Gasteiger partial charge in [0, 0.05) is 11.3 Å². The monoisotopic (exact) mass is 420 g/mol. The SMILES string of the molecule is O=C(COC(=O)CNC(=O)c1ccc(F)cc1)Nc1ccccc1Cc1ccccc1. The lowest BCUT2D eigenvalue weighted by Gasteiger charge is -2.12. The number of para-hydroxylation sites is 1. The van der Waals surface area contributed by atoms with E-state index in [0.29, 0.717) is 12.1 Å². The molecular formula is C24H21FN2O4. The number of hydrogen-bond acceptors (Lipinski definition) is 4. The molecule has 3 aromatic rings. The molecule has 0 fully saturated rings. The minimum absolute atomic E-state index is 0.210. The Labute approximate surface area is 179 Å². The Morgan fingerprint density at radius 2 is 1.52 bits per heavy atom. The number of nitrogens with one attached hydrogen (secondary N) is 2. The largest absolute Gasteiger partial charge is 0.454 e. The molecule has 2 amide bonds. The molecule has 0 spiro atoms. The Hall–Kier alpha value is -4.00. The van der Waals surface area contributed by atoms with Crippen LogP contribution in [0.4, 0.5) is 10.1 Å². The fourth-order valence-corrected chi connectivity index (χ4v) is 2.85. The van der Waals surface area contributed by atoms with Crippen LogP contribution in [0.3, 0.4) is 0 Å². The third kappa shape index (κ3) is 6.78. The maximum absolute atomic E-state index is 12.9. The summed E-state index contributed by atoms with van der Waals surface area (Å²) < 4.78 is 17.8. The fourth-order valence-electron chi connectivity index (χ4n) is 2.85. The third-order valence-corrected chi connectivity index (χ3v) is 4.39. The van der Waals surface area contributed by atoms with E-state index in [-0.39, 0.29) is 5.56 Å². The van der Waals surface area contributed by atoms with E-state index in [1.165, 1.54) is 12.1 Å². The number of benzene rings is 3. The van der Waals surface area contributed by atoms with E-state index in [4.69, 9.17) is 4.74 Å². The zero-order valence-corrected chi connectivity index (χ0v) is 16.6. The zero-order chi connectivity index (χ0) is 22.1. The lowest BCUT2D eigenvalue weighted by Crippen LogP contribution is -2.32. The van der Waals surface area contributed by atoms with Crippen molar-refractivity contribution in [2.24, 2.45) is 0 Å². The van der Waals surface area contributed by atoms with Crippen LogP contribution in [0.25, 0.3) is 0 Å². The van der Waals surface area contributed by atoms with Gasteiger partial charge in [0.1, 0.15) is 12.4 Å². The summed E-state index contributed by atoms with van der Waals surface area (Å²) in [6.07, 6.45) is 0.645. The number of carbonyl (C=O) groups is 3. The van der Waals surface area contributed by atoms with Crippen molar-refractivity contribution in [1.82, 2.24) is 5.32 Å². The highest BCUT2D eigenvalue weighted by Crippen LogP contribution is 2.19. The van der Waals surface area contributed by atoms with Gasteiger partial charge in [-0.25, -0.2) is 4.39 Å². The molecule has 0 saturated heterocycles. The first-order valence-electron chi connectivity index (χ1n) is 9.62. The lowest BCUT2D eigenvalue weighted by molar-refractivity contribution is -0.146. The number of esters is 1. The van der Waals surface area contributed by atoms with E-state index in [9.17, 15) is 18.8 Å². The van der Waals surface area contributed by atoms with Crippen LogP contribution >= 0.6 is 0 Å². The van der Waals surface area contributed by atoms with Crippen molar-refractivity contribution in [3.63, 3.8) is 0 Å². The van der Waals surface area contributed by atoms with Crippen molar-refractivity contribution >= 4 is 23.5 Å². The van der Waals surface area contributed by atoms with Crippen LogP contribution < -0.4 is 10.6 Å². The number of hydrogen-bond donors (Lipinski definition) is 2. The predicted octanol–water partition coefficient (Wildman–Crippen LogP) is 3.33. The lowest BCUT2D eigenvalue weighted by atomic mass is 10.0.